The summed E-state index contributed by atoms with van der Waals surface area (Å²) in [6.45, 7) is 3.89. The Morgan fingerprint density at radius 2 is 2.38 bits per heavy atom. The molecule has 0 aliphatic rings. The maximum absolute atomic E-state index is 5.19. The van der Waals surface area contributed by atoms with E-state index in [1.807, 2.05) is 13.8 Å². The summed E-state index contributed by atoms with van der Waals surface area (Å²) in [4.78, 5) is 3.97. The molecule has 0 amide bonds. The molecule has 8 heavy (non-hydrogen) atoms. The van der Waals surface area contributed by atoms with Crippen molar-refractivity contribution in [2.75, 3.05) is 0 Å². The van der Waals surface area contributed by atoms with E-state index in [2.05, 4.69) is 4.99 Å². The van der Waals surface area contributed by atoms with Crippen LogP contribution in [-0.4, -0.2) is 6.21 Å². The van der Waals surface area contributed by atoms with Crippen LogP contribution in [0.25, 0.3) is 0 Å². The van der Waals surface area contributed by atoms with Gasteiger partial charge in [0.05, 0.1) is 5.70 Å². The van der Waals surface area contributed by atoms with Gasteiger partial charge in [0.2, 0.25) is 0 Å². The van der Waals surface area contributed by atoms with Crippen molar-refractivity contribution in [2.24, 2.45) is 10.7 Å². The molecule has 0 spiro atoms. The molecular weight excluding hydrogens is 100 g/mol. The number of nitrogens with zero attached hydrogens (tertiary/aromatic N) is 1. The van der Waals surface area contributed by atoms with Crippen LogP contribution in [-0.2, 0) is 0 Å². The maximum atomic E-state index is 5.19. The average molecular weight is 112 g/mol. The van der Waals surface area contributed by atoms with Crippen LogP contribution in [0.3, 0.4) is 0 Å². The molecule has 0 saturated carbocycles. The van der Waals surface area contributed by atoms with Gasteiger partial charge in [0.25, 0.3) is 0 Å². The highest BCUT2D eigenvalue weighted by molar-refractivity contribution is 5.55. The minimum Gasteiger partial charge on any atom is -0.403 e. The normalized spacial score (nSPS) is 13.0. The van der Waals surface area contributed by atoms with E-state index in [1.54, 1.807) is 6.21 Å². The summed E-state index contributed by atoms with van der Waals surface area (Å²) in [5, 5.41) is 0. The summed E-state index contributed by atoms with van der Waals surface area (Å²) in [5.74, 6) is 0. The van der Waals surface area contributed by atoms with Gasteiger partial charge in [0.15, 0.2) is 0 Å². The lowest BCUT2D eigenvalue weighted by molar-refractivity contribution is 1.06. The Labute approximate surface area is 50.1 Å². The van der Waals surface area contributed by atoms with Crippen molar-refractivity contribution < 1.29 is 0 Å². The zero-order chi connectivity index (χ0) is 6.41. The van der Waals surface area contributed by atoms with E-state index in [0.29, 0.717) is 0 Å². The summed E-state index contributed by atoms with van der Waals surface area (Å²) < 4.78 is 0. The largest absolute Gasteiger partial charge is 0.403 e. The monoisotopic (exact) mass is 112 g/mol. The van der Waals surface area contributed by atoms with Gasteiger partial charge in [0, 0.05) is 12.4 Å². The number of allylic oxidation sites excluding steroid dienone is 1. The molecule has 46 valence electrons. The highest BCUT2D eigenvalue weighted by Gasteiger charge is 1.81. The van der Waals surface area contributed by atoms with Crippen LogP contribution in [0.2, 0.25) is 0 Å². The van der Waals surface area contributed by atoms with Crippen molar-refractivity contribution in [2.45, 2.75) is 20.3 Å². The number of nitrogens with two attached hydrogens (primary N) is 1. The summed E-state index contributed by atoms with van der Waals surface area (Å²) in [7, 11) is 0. The van der Waals surface area contributed by atoms with Crippen molar-refractivity contribution in [3.63, 3.8) is 0 Å². The van der Waals surface area contributed by atoms with Crippen LogP contribution in [0.5, 0.6) is 0 Å². The first-order valence-electron chi connectivity index (χ1n) is 2.74. The van der Waals surface area contributed by atoms with Gasteiger partial charge in [-0.1, -0.05) is 6.92 Å². The minimum absolute atomic E-state index is 0.904. The molecule has 0 unspecified atom stereocenters. The fourth-order valence-electron chi connectivity index (χ4n) is 0.418. The number of aliphatic imine (C=N–C) groups is 1. The van der Waals surface area contributed by atoms with Crippen LogP contribution >= 0.6 is 0 Å². The lowest BCUT2D eigenvalue weighted by atomic mass is 10.4. The second-order valence-corrected chi connectivity index (χ2v) is 1.40. The summed E-state index contributed by atoms with van der Waals surface area (Å²) in [6.07, 6.45) is 4.17. The molecule has 2 N–H and O–H groups in total. The fourth-order valence-corrected chi connectivity index (χ4v) is 0.418. The average Bonchev–Trinajstić information content (AvgIpc) is 1.83. The van der Waals surface area contributed by atoms with Gasteiger partial charge in [-0.15, -0.1) is 0 Å². The molecule has 0 bridgehead atoms. The van der Waals surface area contributed by atoms with Crippen molar-refractivity contribution in [3.05, 3.63) is 11.9 Å². The van der Waals surface area contributed by atoms with E-state index in [1.165, 1.54) is 6.20 Å². The van der Waals surface area contributed by atoms with E-state index >= 15 is 0 Å². The summed E-state index contributed by atoms with van der Waals surface area (Å²) in [6, 6.07) is 0. The smallest absolute Gasteiger partial charge is 0.0551 e. The highest BCUT2D eigenvalue weighted by atomic mass is 14.7. The van der Waals surface area contributed by atoms with Gasteiger partial charge in [-0.25, -0.2) is 0 Å². The molecule has 0 atom stereocenters. The van der Waals surface area contributed by atoms with Crippen LogP contribution in [0.4, 0.5) is 0 Å². The quantitative estimate of drug-likeness (QED) is 0.537. The van der Waals surface area contributed by atoms with Crippen LogP contribution < -0.4 is 5.73 Å². The van der Waals surface area contributed by atoms with Crippen LogP contribution in [0.1, 0.15) is 20.3 Å². The Balaban J connectivity index is 3.72. The second kappa shape index (κ2) is 4.37. The van der Waals surface area contributed by atoms with Gasteiger partial charge < -0.3 is 5.73 Å². The molecule has 2 nitrogen and oxygen atoms in total. The van der Waals surface area contributed by atoms with Crippen LogP contribution in [0.15, 0.2) is 16.9 Å². The molecule has 0 saturated heterocycles. The topological polar surface area (TPSA) is 38.4 Å². The lowest BCUT2D eigenvalue weighted by Gasteiger charge is -1.89. The van der Waals surface area contributed by atoms with Gasteiger partial charge >= 0.3 is 0 Å². The molecule has 0 heterocycles. The third-order valence-corrected chi connectivity index (χ3v) is 0.850. The Bertz CT molecular complexity index is 100. The SMILES string of the molecule is C/C=N\C(=C/N)CC. The number of rotatable bonds is 2. The lowest BCUT2D eigenvalue weighted by Crippen LogP contribution is -1.83. The van der Waals surface area contributed by atoms with Gasteiger partial charge in [-0.3, -0.25) is 4.99 Å². The van der Waals surface area contributed by atoms with Crippen molar-refractivity contribution in [1.82, 2.24) is 0 Å². The minimum atomic E-state index is 0.904. The predicted octanol–water partition coefficient (Wildman–Crippen LogP) is 1.29. The Kier molecular flexibility index (Phi) is 3.94. The van der Waals surface area contributed by atoms with E-state index in [9.17, 15) is 0 Å². The summed E-state index contributed by atoms with van der Waals surface area (Å²) >= 11 is 0. The standard InChI is InChI=1S/C6H12N2/c1-3-6(5-7)8-4-2/h4-5H,3,7H2,1-2H3/b6-5-,8-4-. The first kappa shape index (κ1) is 7.21. The molecule has 0 fully saturated rings. The molecule has 0 aromatic rings. The molecule has 0 aliphatic carbocycles. The van der Waals surface area contributed by atoms with E-state index in [4.69, 9.17) is 5.73 Å². The van der Waals surface area contributed by atoms with Crippen molar-refractivity contribution in [1.29, 1.82) is 0 Å². The molecule has 0 radical (unpaired) electrons. The Morgan fingerprint density at radius 3 is 2.50 bits per heavy atom. The zero-order valence-corrected chi connectivity index (χ0v) is 5.39. The molecular formula is C6H12N2. The first-order chi connectivity index (χ1) is 3.85. The van der Waals surface area contributed by atoms with Crippen LogP contribution in [0, 0.1) is 0 Å². The molecule has 0 aromatic carbocycles. The van der Waals surface area contributed by atoms with Gasteiger partial charge in [-0.05, 0) is 13.3 Å². The van der Waals surface area contributed by atoms with Crippen molar-refractivity contribution >= 4 is 6.21 Å². The van der Waals surface area contributed by atoms with E-state index < -0.39 is 0 Å². The predicted molar refractivity (Wildman–Crippen MR) is 36.7 cm³/mol. The second-order valence-electron chi connectivity index (χ2n) is 1.40. The third-order valence-electron chi connectivity index (χ3n) is 0.850. The van der Waals surface area contributed by atoms with Gasteiger partial charge in [-0.2, -0.15) is 0 Å². The zero-order valence-electron chi connectivity index (χ0n) is 5.39. The fraction of sp³-hybridized carbons (Fsp3) is 0.500. The third kappa shape index (κ3) is 2.39. The molecule has 0 aromatic heterocycles. The summed E-state index contributed by atoms with van der Waals surface area (Å²) in [5.41, 5.74) is 6.13. The Hall–Kier alpha value is -0.790. The number of hydrogen-bond donors (Lipinski definition) is 1. The molecule has 2 heteroatoms. The van der Waals surface area contributed by atoms with Crippen molar-refractivity contribution in [3.8, 4) is 0 Å². The van der Waals surface area contributed by atoms with E-state index in [0.717, 1.165) is 12.1 Å². The van der Waals surface area contributed by atoms with Gasteiger partial charge in [0.1, 0.15) is 0 Å². The maximum Gasteiger partial charge on any atom is 0.0551 e. The molecule has 0 aliphatic heterocycles. The first-order valence-corrected chi connectivity index (χ1v) is 2.74. The highest BCUT2D eigenvalue weighted by Crippen LogP contribution is 1.96. The molecule has 0 rings (SSSR count). The number of hydrogen-bond acceptors (Lipinski definition) is 2. The van der Waals surface area contributed by atoms with E-state index in [-0.39, 0.29) is 0 Å². The Morgan fingerprint density at radius 1 is 1.75 bits per heavy atom.